The number of amides is 2. The molecule has 17 nitrogen and oxygen atoms in total. The van der Waals surface area contributed by atoms with Crippen LogP contribution in [0.15, 0.2) is 38.7 Å². The second kappa shape index (κ2) is 14.3. The lowest BCUT2D eigenvalue weighted by Crippen LogP contribution is -2.74. The Morgan fingerprint density at radius 2 is 2.04 bits per heavy atom. The molecule has 2 unspecified atom stereocenters. The van der Waals surface area contributed by atoms with Crippen molar-refractivity contribution in [2.75, 3.05) is 51.5 Å². The van der Waals surface area contributed by atoms with Crippen LogP contribution >= 0.6 is 34.9 Å². The van der Waals surface area contributed by atoms with Crippen LogP contribution in [0, 0.1) is 10.8 Å². The summed E-state index contributed by atoms with van der Waals surface area (Å²) in [5.41, 5.74) is 7.79. The molecule has 0 radical (unpaired) electrons. The minimum absolute atomic E-state index is 0.0167. The SMILES string of the molecule is COCN1C=C2N=C(C)C=C(SCC3(C(=O)OCOC(=O)C(C)(C)C)CS[C@@H]4C(NC(=O)C(=NOC)c5csc(N)n5)C(=O)N4C3)N2N1. The number of allylic oxidation sites excluding steroid dienone is 1. The topological polar surface area (TPSA) is 203 Å². The summed E-state index contributed by atoms with van der Waals surface area (Å²) in [5.74, 6) is -1.06. The molecule has 260 valence electrons. The van der Waals surface area contributed by atoms with Crippen LogP contribution in [0.4, 0.5) is 5.13 Å². The number of nitrogens with two attached hydrogens (primary N) is 1. The maximum Gasteiger partial charge on any atom is 0.318 e. The molecule has 4 aliphatic rings. The van der Waals surface area contributed by atoms with Gasteiger partial charge in [0.2, 0.25) is 12.7 Å². The molecular weight excluding hydrogens is 687 g/mol. The number of methoxy groups -OCH3 is 1. The summed E-state index contributed by atoms with van der Waals surface area (Å²) in [6.45, 7) is 6.68. The van der Waals surface area contributed by atoms with E-state index in [2.05, 4.69) is 26.0 Å². The molecule has 20 heteroatoms. The molecule has 1 aromatic heterocycles. The molecule has 3 atom stereocenters. The summed E-state index contributed by atoms with van der Waals surface area (Å²) in [6.07, 6.45) is 3.68. The van der Waals surface area contributed by atoms with Crippen LogP contribution in [-0.4, -0.2) is 112 Å². The van der Waals surface area contributed by atoms with E-state index in [4.69, 9.17) is 24.8 Å². The van der Waals surface area contributed by atoms with E-state index in [1.807, 2.05) is 13.0 Å². The Hall–Kier alpha value is -3.85. The Kier molecular flexibility index (Phi) is 10.6. The molecular formula is C28H37N9O8S3. The van der Waals surface area contributed by atoms with E-state index in [-0.39, 0.29) is 47.2 Å². The number of hydrogen-bond donors (Lipinski definition) is 3. The first kappa shape index (κ1) is 35.5. The zero-order chi connectivity index (χ0) is 34.8. The summed E-state index contributed by atoms with van der Waals surface area (Å²) >= 11 is 3.86. The van der Waals surface area contributed by atoms with Crippen LogP contribution in [0.1, 0.15) is 33.4 Å². The fourth-order valence-electron chi connectivity index (χ4n) is 4.93. The molecule has 0 aromatic carbocycles. The van der Waals surface area contributed by atoms with Crippen molar-refractivity contribution in [1.82, 2.24) is 30.8 Å². The van der Waals surface area contributed by atoms with Crippen LogP contribution < -0.4 is 16.6 Å². The first-order chi connectivity index (χ1) is 22.8. The summed E-state index contributed by atoms with van der Waals surface area (Å²) in [4.78, 5) is 67.8. The van der Waals surface area contributed by atoms with Gasteiger partial charge in [-0.1, -0.05) is 5.16 Å². The molecule has 48 heavy (non-hydrogen) atoms. The molecule has 0 spiro atoms. The average molecular weight is 724 g/mol. The van der Waals surface area contributed by atoms with Gasteiger partial charge in [-0.3, -0.25) is 24.2 Å². The number of thiazole rings is 1. The van der Waals surface area contributed by atoms with Gasteiger partial charge in [0.25, 0.3) is 5.91 Å². The number of esters is 2. The number of aromatic nitrogens is 1. The second-order valence-electron chi connectivity index (χ2n) is 12.2. The number of fused-ring (bicyclic) bond motifs is 2. The number of hydrogen-bond acceptors (Lipinski definition) is 18. The van der Waals surface area contributed by atoms with Gasteiger partial charge in [0.1, 0.15) is 36.4 Å². The van der Waals surface area contributed by atoms with Crippen LogP contribution in [0.3, 0.4) is 0 Å². The normalized spacial score (nSPS) is 23.7. The maximum atomic E-state index is 13.8. The Morgan fingerprint density at radius 1 is 1.27 bits per heavy atom. The van der Waals surface area contributed by atoms with Gasteiger partial charge in [-0.05, 0) is 33.8 Å². The molecule has 2 saturated heterocycles. The Balaban J connectivity index is 1.30. The molecule has 1 aromatic rings. The van der Waals surface area contributed by atoms with Gasteiger partial charge >= 0.3 is 11.9 Å². The third-order valence-corrected chi connectivity index (χ3v) is 10.9. The summed E-state index contributed by atoms with van der Waals surface area (Å²) in [7, 11) is 2.87. The molecule has 0 saturated carbocycles. The predicted octanol–water partition coefficient (Wildman–Crippen LogP) is 1.04. The molecule has 0 bridgehead atoms. The van der Waals surface area contributed by atoms with Crippen LogP contribution in [0.2, 0.25) is 0 Å². The molecule has 4 aliphatic heterocycles. The highest BCUT2D eigenvalue weighted by molar-refractivity contribution is 8.03. The van der Waals surface area contributed by atoms with Crippen molar-refractivity contribution in [1.29, 1.82) is 0 Å². The molecule has 2 amide bonds. The third-order valence-electron chi connectivity index (χ3n) is 7.36. The zero-order valence-electron chi connectivity index (χ0n) is 27.2. The van der Waals surface area contributed by atoms with Crippen LogP contribution in [0.25, 0.3) is 0 Å². The number of nitrogens with zero attached hydrogens (tertiary/aromatic N) is 6. The van der Waals surface area contributed by atoms with E-state index in [0.29, 0.717) is 5.82 Å². The van der Waals surface area contributed by atoms with E-state index in [1.165, 1.54) is 35.5 Å². The van der Waals surface area contributed by atoms with Crippen molar-refractivity contribution in [2.45, 2.75) is 39.1 Å². The standard InChI is InChI=1S/C28H37N9O8S3/c1-15-7-18(37-17(30-15)8-35(34-37)13-42-5)47-11-28(25(41)45-14-44-24(40)27(2,3)4)10-36-22(39)20(23(36)48-12-28)32-21(38)19(33-43-6)16-9-46-26(29)31-16/h7-9,20,23,34H,10-14H2,1-6H3,(H2,29,31)(H,32,38)/t20?,23-,28?/m1/s1. The number of β-lactam (4-membered cyclic amide) rings is 1. The van der Waals surface area contributed by atoms with Gasteiger partial charge in [0.15, 0.2) is 16.7 Å². The quantitative estimate of drug-likeness (QED) is 0.0907. The van der Waals surface area contributed by atoms with Gasteiger partial charge < -0.3 is 35.0 Å². The highest BCUT2D eigenvalue weighted by Crippen LogP contribution is 2.46. The Bertz CT molecular complexity index is 1590. The van der Waals surface area contributed by atoms with Gasteiger partial charge in [-0.2, -0.15) is 0 Å². The van der Waals surface area contributed by atoms with Crippen molar-refractivity contribution in [3.63, 3.8) is 0 Å². The second-order valence-corrected chi connectivity index (χ2v) is 15.1. The van der Waals surface area contributed by atoms with Crippen molar-refractivity contribution in [2.24, 2.45) is 21.0 Å². The largest absolute Gasteiger partial charge is 0.427 e. The first-order valence-electron chi connectivity index (χ1n) is 14.6. The Labute approximate surface area is 289 Å². The lowest BCUT2D eigenvalue weighted by atomic mass is 9.89. The fourth-order valence-corrected chi connectivity index (χ4v) is 8.40. The highest BCUT2D eigenvalue weighted by atomic mass is 32.2. The summed E-state index contributed by atoms with van der Waals surface area (Å²) in [6, 6.07) is -0.872. The number of anilines is 1. The number of carbonyl (C=O) groups excluding carboxylic acids is 4. The van der Waals surface area contributed by atoms with Crippen molar-refractivity contribution in [3.05, 3.63) is 34.2 Å². The van der Waals surface area contributed by atoms with Crippen LogP contribution in [-0.2, 0) is 38.2 Å². The first-order valence-corrected chi connectivity index (χ1v) is 17.5. The number of thioether (sulfide) groups is 2. The molecule has 2 fully saturated rings. The fraction of sp³-hybridized carbons (Fsp3) is 0.536. The monoisotopic (exact) mass is 723 g/mol. The van der Waals surface area contributed by atoms with Gasteiger partial charge in [-0.25, -0.2) is 15.0 Å². The number of aliphatic imine (C=N–C) groups is 1. The van der Waals surface area contributed by atoms with Gasteiger partial charge in [0.05, 0.1) is 16.6 Å². The summed E-state index contributed by atoms with van der Waals surface area (Å²) < 4.78 is 16.0. The summed E-state index contributed by atoms with van der Waals surface area (Å²) in [5, 5.41) is 12.1. The average Bonchev–Trinajstić information content (AvgIpc) is 3.65. The number of hydrazine groups is 2. The minimum atomic E-state index is -1.19. The maximum absolute atomic E-state index is 13.8. The van der Waals surface area contributed by atoms with E-state index in [1.54, 1.807) is 49.5 Å². The predicted molar refractivity (Wildman–Crippen MR) is 179 cm³/mol. The van der Waals surface area contributed by atoms with Crippen molar-refractivity contribution >= 4 is 75.2 Å². The molecule has 5 rings (SSSR count). The van der Waals surface area contributed by atoms with Crippen molar-refractivity contribution in [3.8, 4) is 0 Å². The Morgan fingerprint density at radius 3 is 2.71 bits per heavy atom. The smallest absolute Gasteiger partial charge is 0.318 e. The van der Waals surface area contributed by atoms with Gasteiger partial charge in [-0.15, -0.1) is 40.4 Å². The number of carbonyl (C=O) groups is 4. The van der Waals surface area contributed by atoms with E-state index in [9.17, 15) is 19.2 Å². The number of nitrogens with one attached hydrogen (secondary N) is 2. The molecule has 4 N–H and O–H groups in total. The van der Waals surface area contributed by atoms with E-state index in [0.717, 1.165) is 22.1 Å². The third kappa shape index (κ3) is 7.41. The molecule has 5 heterocycles. The lowest BCUT2D eigenvalue weighted by molar-refractivity contribution is -0.180. The van der Waals surface area contributed by atoms with E-state index >= 15 is 0 Å². The number of nitrogen functional groups attached to an aromatic ring is 1. The van der Waals surface area contributed by atoms with Gasteiger partial charge in [0, 0.05) is 36.3 Å². The highest BCUT2D eigenvalue weighted by Gasteiger charge is 2.58. The number of rotatable bonds is 12. The van der Waals surface area contributed by atoms with Crippen molar-refractivity contribution < 1.29 is 38.2 Å². The minimum Gasteiger partial charge on any atom is -0.427 e. The zero-order valence-corrected chi connectivity index (χ0v) is 29.6. The van der Waals surface area contributed by atoms with Crippen LogP contribution in [0.5, 0.6) is 0 Å². The molecule has 0 aliphatic carbocycles. The lowest BCUT2D eigenvalue weighted by Gasteiger charge is -2.54. The van der Waals surface area contributed by atoms with E-state index < -0.39 is 46.9 Å². The number of ether oxygens (including phenoxy) is 3. The number of oxime groups is 1.